The number of anilines is 1. The van der Waals surface area contributed by atoms with Gasteiger partial charge in [-0.15, -0.1) is 0 Å². The van der Waals surface area contributed by atoms with Gasteiger partial charge in [-0.2, -0.15) is 0 Å². The summed E-state index contributed by atoms with van der Waals surface area (Å²) in [5.41, 5.74) is -0.322. The molecule has 29 heavy (non-hydrogen) atoms. The van der Waals surface area contributed by atoms with Crippen molar-refractivity contribution in [3.63, 3.8) is 0 Å². The van der Waals surface area contributed by atoms with E-state index in [1.54, 1.807) is 0 Å². The fourth-order valence-electron chi connectivity index (χ4n) is 3.01. The second kappa shape index (κ2) is 6.82. The summed E-state index contributed by atoms with van der Waals surface area (Å²) >= 11 is 0. The average molecular weight is 416 g/mol. The zero-order chi connectivity index (χ0) is 21.6. The Kier molecular flexibility index (Phi) is 4.88. The first-order valence-corrected chi connectivity index (χ1v) is 8.44. The number of hydrogen-bond acceptors (Lipinski definition) is 5. The largest absolute Gasteiger partial charge is 0.441 e. The van der Waals surface area contributed by atoms with Gasteiger partial charge >= 0.3 is 5.91 Å². The molecule has 156 valence electrons. The third-order valence-corrected chi connectivity index (χ3v) is 4.78. The van der Waals surface area contributed by atoms with E-state index in [9.17, 15) is 26.7 Å². The molecule has 2 unspecified atom stereocenters. The molecule has 0 radical (unpaired) electrons. The highest BCUT2D eigenvalue weighted by Crippen LogP contribution is 2.50. The van der Waals surface area contributed by atoms with Crippen LogP contribution in [-0.4, -0.2) is 28.3 Å². The molecule has 0 aliphatic carbocycles. The molecule has 3 N–H and O–H groups in total. The number of nitrogens with two attached hydrogens (primary N) is 1. The summed E-state index contributed by atoms with van der Waals surface area (Å²) < 4.78 is 75.6. The van der Waals surface area contributed by atoms with Crippen LogP contribution in [0.25, 0.3) is 0 Å². The Hall–Kier alpha value is -2.98. The van der Waals surface area contributed by atoms with Crippen LogP contribution in [0.15, 0.2) is 33.9 Å². The maximum Gasteiger partial charge on any atom is 0.311 e. The lowest BCUT2D eigenvalue weighted by atomic mass is 9.77. The number of carbonyl (C=O) groups excluding carboxylic acids is 1. The summed E-state index contributed by atoms with van der Waals surface area (Å²) in [7, 11) is 0. The molecule has 2 heterocycles. The maximum atomic E-state index is 14.8. The molecule has 2 atom stereocenters. The Morgan fingerprint density at radius 1 is 1.31 bits per heavy atom. The molecule has 1 amide bonds. The molecule has 6 nitrogen and oxygen atoms in total. The number of alkyl halides is 4. The van der Waals surface area contributed by atoms with Crippen molar-refractivity contribution in [2.45, 2.75) is 44.1 Å². The zero-order valence-corrected chi connectivity index (χ0v) is 15.4. The highest BCUT2D eigenvalue weighted by Gasteiger charge is 2.60. The van der Waals surface area contributed by atoms with Crippen molar-refractivity contribution in [3.05, 3.63) is 47.4 Å². The van der Waals surface area contributed by atoms with Crippen LogP contribution in [0.2, 0.25) is 0 Å². The van der Waals surface area contributed by atoms with Crippen molar-refractivity contribution in [3.8, 4) is 0 Å². The molecule has 0 fully saturated rings. The topological polar surface area (TPSA) is 93.5 Å². The Morgan fingerprint density at radius 2 is 2.00 bits per heavy atom. The quantitative estimate of drug-likeness (QED) is 0.740. The highest BCUT2D eigenvalue weighted by atomic mass is 19.3. The molecule has 1 aliphatic heterocycles. The second-order valence-corrected chi connectivity index (χ2v) is 7.07. The maximum absolute atomic E-state index is 14.8. The molecule has 11 heteroatoms. The van der Waals surface area contributed by atoms with E-state index in [1.165, 1.54) is 0 Å². The molecule has 0 saturated carbocycles. The Balaban J connectivity index is 1.99. The molecular weight excluding hydrogens is 399 g/mol. The van der Waals surface area contributed by atoms with Crippen LogP contribution in [0.3, 0.4) is 0 Å². The number of oxazole rings is 1. The van der Waals surface area contributed by atoms with E-state index in [-0.39, 0.29) is 11.4 Å². The molecular formula is C18H17F5N4O2. The van der Waals surface area contributed by atoms with Gasteiger partial charge in [0.15, 0.2) is 11.2 Å². The van der Waals surface area contributed by atoms with Crippen molar-refractivity contribution in [2.24, 2.45) is 10.7 Å². The van der Waals surface area contributed by atoms with E-state index in [0.29, 0.717) is 0 Å². The summed E-state index contributed by atoms with van der Waals surface area (Å²) in [5, 5.41) is 2.29. The van der Waals surface area contributed by atoms with Crippen LogP contribution in [0.5, 0.6) is 0 Å². The highest BCUT2D eigenvalue weighted by molar-refractivity contribution is 6.01. The molecule has 1 aromatic heterocycles. The fourth-order valence-corrected chi connectivity index (χ4v) is 3.01. The lowest BCUT2D eigenvalue weighted by Crippen LogP contribution is -2.56. The van der Waals surface area contributed by atoms with Crippen LogP contribution in [0, 0.1) is 5.82 Å². The number of hydrogen-bond donors (Lipinski definition) is 2. The van der Waals surface area contributed by atoms with E-state index in [0.717, 1.165) is 38.3 Å². The monoisotopic (exact) mass is 416 g/mol. The third kappa shape index (κ3) is 3.56. The smallest absolute Gasteiger partial charge is 0.311 e. The molecule has 3 rings (SSSR count). The Labute approximate surface area is 162 Å². The van der Waals surface area contributed by atoms with Crippen LogP contribution >= 0.6 is 0 Å². The minimum absolute atomic E-state index is 0.0780. The summed E-state index contributed by atoms with van der Waals surface area (Å²) in [4.78, 5) is 19.3. The number of aromatic nitrogens is 1. The minimum Gasteiger partial charge on any atom is -0.441 e. The second-order valence-electron chi connectivity index (χ2n) is 7.07. The SMILES string of the molecule is CC1(F)CC(F)(F)C(C)(c2cc(NC(=O)c3nc(CF)co3)ccc2F)N=C1N. The molecule has 2 aromatic rings. The summed E-state index contributed by atoms with van der Waals surface area (Å²) in [6.07, 6.45) is -0.343. The van der Waals surface area contributed by atoms with E-state index in [2.05, 4.69) is 15.3 Å². The fraction of sp³-hybridized carbons (Fsp3) is 0.389. The van der Waals surface area contributed by atoms with E-state index in [4.69, 9.17) is 10.2 Å². The van der Waals surface area contributed by atoms with Gasteiger partial charge in [-0.3, -0.25) is 9.79 Å². The molecule has 0 saturated heterocycles. The minimum atomic E-state index is -3.78. The number of nitrogens with one attached hydrogen (secondary N) is 1. The molecule has 1 aliphatic rings. The van der Waals surface area contributed by atoms with Crippen molar-refractivity contribution >= 4 is 17.4 Å². The van der Waals surface area contributed by atoms with Crippen molar-refractivity contribution in [1.82, 2.24) is 4.98 Å². The first-order chi connectivity index (χ1) is 13.4. The van der Waals surface area contributed by atoms with Gasteiger partial charge in [0.2, 0.25) is 0 Å². The zero-order valence-electron chi connectivity index (χ0n) is 15.4. The van der Waals surface area contributed by atoms with Gasteiger partial charge in [-0.1, -0.05) is 0 Å². The molecule has 0 bridgehead atoms. The number of carbonyl (C=O) groups is 1. The Bertz CT molecular complexity index is 988. The van der Waals surface area contributed by atoms with Crippen molar-refractivity contribution < 1.29 is 31.2 Å². The lowest BCUT2D eigenvalue weighted by Gasteiger charge is -2.42. The Morgan fingerprint density at radius 3 is 2.62 bits per heavy atom. The van der Waals surface area contributed by atoms with E-state index in [1.807, 2.05) is 0 Å². The predicted octanol–water partition coefficient (Wildman–Crippen LogP) is 3.88. The van der Waals surface area contributed by atoms with Crippen molar-refractivity contribution in [2.75, 3.05) is 5.32 Å². The van der Waals surface area contributed by atoms with Gasteiger partial charge in [0.1, 0.15) is 30.3 Å². The number of benzene rings is 1. The van der Waals surface area contributed by atoms with Gasteiger partial charge in [0.05, 0.1) is 6.42 Å². The number of halogens is 5. The van der Waals surface area contributed by atoms with Gasteiger partial charge in [-0.05, 0) is 32.0 Å². The molecule has 1 aromatic carbocycles. The van der Waals surface area contributed by atoms with E-state index < -0.39 is 59.2 Å². The summed E-state index contributed by atoms with van der Waals surface area (Å²) in [5.74, 6) is -6.87. The van der Waals surface area contributed by atoms with Crippen LogP contribution in [0.1, 0.15) is 42.2 Å². The number of amides is 1. The average Bonchev–Trinajstić information content (AvgIpc) is 3.10. The van der Waals surface area contributed by atoms with Gasteiger partial charge in [0.25, 0.3) is 11.8 Å². The standard InChI is InChI=1S/C18H17F5N4O2/c1-16(21)8-18(22,23)17(2,27-15(16)24)11-5-9(3-4-12(11)20)25-13(28)14-26-10(6-19)7-29-14/h3-5,7H,6,8H2,1-2H3,(H2,24,27)(H,25,28). The predicted molar refractivity (Wildman–Crippen MR) is 93.7 cm³/mol. The third-order valence-electron chi connectivity index (χ3n) is 4.78. The normalized spacial score (nSPS) is 26.1. The molecule has 0 spiro atoms. The van der Waals surface area contributed by atoms with E-state index >= 15 is 0 Å². The number of amidine groups is 1. The van der Waals surface area contributed by atoms with Crippen LogP contribution < -0.4 is 11.1 Å². The number of rotatable bonds is 4. The number of nitrogens with zero attached hydrogens (tertiary/aromatic N) is 2. The lowest BCUT2D eigenvalue weighted by molar-refractivity contribution is -0.106. The van der Waals surface area contributed by atoms with Crippen LogP contribution in [0.4, 0.5) is 27.6 Å². The summed E-state index contributed by atoms with van der Waals surface area (Å²) in [6, 6.07) is 2.91. The first-order valence-electron chi connectivity index (χ1n) is 8.44. The summed E-state index contributed by atoms with van der Waals surface area (Å²) in [6.45, 7) is 0.854. The van der Waals surface area contributed by atoms with Gasteiger partial charge in [-0.25, -0.2) is 26.9 Å². The van der Waals surface area contributed by atoms with Gasteiger partial charge in [0, 0.05) is 11.3 Å². The first kappa shape index (κ1) is 20.7. The van der Waals surface area contributed by atoms with Gasteiger partial charge < -0.3 is 15.5 Å². The van der Waals surface area contributed by atoms with Crippen molar-refractivity contribution in [1.29, 1.82) is 0 Å². The van der Waals surface area contributed by atoms with Crippen LogP contribution in [-0.2, 0) is 12.2 Å². The number of aliphatic imine (C=N–C) groups is 1.